The van der Waals surface area contributed by atoms with E-state index in [0.717, 1.165) is 4.34 Å². The Morgan fingerprint density at radius 3 is 2.29 bits per heavy atom. The highest BCUT2D eigenvalue weighted by Crippen LogP contribution is 2.41. The van der Waals surface area contributed by atoms with Crippen LogP contribution in [0.3, 0.4) is 0 Å². The van der Waals surface area contributed by atoms with Crippen molar-refractivity contribution < 1.29 is 4.43 Å². The van der Waals surface area contributed by atoms with Gasteiger partial charge in [0.1, 0.15) is 0 Å². The molecule has 0 amide bonds. The summed E-state index contributed by atoms with van der Waals surface area (Å²) in [5.74, 6) is 0. The van der Waals surface area contributed by atoms with Crippen LogP contribution in [0, 0.1) is 0 Å². The van der Waals surface area contributed by atoms with Gasteiger partial charge in [0, 0.05) is 11.4 Å². The van der Waals surface area contributed by atoms with E-state index in [-0.39, 0.29) is 0 Å². The van der Waals surface area contributed by atoms with Crippen LogP contribution in [0.15, 0.2) is 4.34 Å². The van der Waals surface area contributed by atoms with Gasteiger partial charge in [-0.25, -0.2) is 0 Å². The van der Waals surface area contributed by atoms with E-state index in [1.165, 1.54) is 37.0 Å². The number of nitrogen functional groups attached to an aromatic ring is 1. The molecule has 1 saturated carbocycles. The molecule has 0 aromatic carbocycles. The molecule has 7 heteroatoms. The number of nitrogens with two attached hydrogens (primary N) is 1. The first-order chi connectivity index (χ1) is 9.67. The van der Waals surface area contributed by atoms with Gasteiger partial charge in [-0.15, -0.1) is 10.2 Å². The summed E-state index contributed by atoms with van der Waals surface area (Å²) in [6.07, 6.45) is 5.17. The number of nitrogens with zero attached hydrogens (tertiary/aromatic N) is 2. The summed E-state index contributed by atoms with van der Waals surface area (Å²) in [6, 6.07) is 0. The molecule has 1 heterocycles. The summed E-state index contributed by atoms with van der Waals surface area (Å²) in [7, 11) is -1.63. The van der Waals surface area contributed by atoms with Crippen molar-refractivity contribution in [1.82, 2.24) is 10.2 Å². The monoisotopic (exact) mass is 345 g/mol. The average molecular weight is 346 g/mol. The summed E-state index contributed by atoms with van der Waals surface area (Å²) in [5.41, 5.74) is 5.63. The van der Waals surface area contributed by atoms with Crippen LogP contribution >= 0.6 is 23.1 Å². The third-order valence-corrected chi connectivity index (χ3v) is 11.3. The Labute approximate surface area is 137 Å². The Kier molecular flexibility index (Phi) is 5.39. The zero-order chi connectivity index (χ0) is 15.7. The highest BCUT2D eigenvalue weighted by atomic mass is 32.2. The van der Waals surface area contributed by atoms with Gasteiger partial charge in [0.05, 0.1) is 0 Å². The molecule has 0 spiro atoms. The molecule has 2 rings (SSSR count). The molecule has 0 bridgehead atoms. The molecule has 0 radical (unpaired) electrons. The molecule has 1 aliphatic rings. The largest absolute Gasteiger partial charge is 0.414 e. The minimum atomic E-state index is -1.63. The molecule has 0 unspecified atom stereocenters. The molecule has 1 aromatic heterocycles. The molecular formula is C14H27N3OS2Si. The van der Waals surface area contributed by atoms with Gasteiger partial charge in [-0.3, -0.25) is 0 Å². The summed E-state index contributed by atoms with van der Waals surface area (Å²) < 4.78 is 7.53. The third-order valence-electron chi connectivity index (χ3n) is 4.58. The number of hydrogen-bond donors (Lipinski definition) is 1. The van der Waals surface area contributed by atoms with Gasteiger partial charge in [-0.05, 0) is 43.8 Å². The van der Waals surface area contributed by atoms with Crippen LogP contribution in [0.25, 0.3) is 0 Å². The number of rotatable bonds is 4. The van der Waals surface area contributed by atoms with Gasteiger partial charge in [0.15, 0.2) is 12.7 Å². The topological polar surface area (TPSA) is 61.0 Å². The van der Waals surface area contributed by atoms with Crippen molar-refractivity contribution in [2.45, 2.75) is 80.3 Å². The fourth-order valence-corrected chi connectivity index (χ4v) is 5.77. The van der Waals surface area contributed by atoms with Crippen molar-refractivity contribution in [1.29, 1.82) is 0 Å². The molecule has 0 saturated heterocycles. The molecule has 0 aliphatic heterocycles. The number of anilines is 1. The molecule has 4 nitrogen and oxygen atoms in total. The minimum absolute atomic E-state index is 0.294. The molecular weight excluding hydrogens is 318 g/mol. The molecule has 1 aliphatic carbocycles. The standard InChI is InChI=1S/C14H27N3OS2Si/c1-14(2,3)21(4,5)18-10-6-8-11(9-7-10)19-13-17-16-12(15)20-13/h10-11H,6-9H2,1-5H3,(H2,15,16). The summed E-state index contributed by atoms with van der Waals surface area (Å²) >= 11 is 3.32. The highest BCUT2D eigenvalue weighted by Gasteiger charge is 2.39. The van der Waals surface area contributed by atoms with Crippen molar-refractivity contribution >= 4 is 36.5 Å². The molecule has 1 fully saturated rings. The number of aromatic nitrogens is 2. The minimum Gasteiger partial charge on any atom is -0.414 e. The van der Waals surface area contributed by atoms with Gasteiger partial charge in [0.2, 0.25) is 5.13 Å². The first-order valence-electron chi connectivity index (χ1n) is 7.61. The Morgan fingerprint density at radius 2 is 1.81 bits per heavy atom. The maximum absolute atomic E-state index is 6.53. The molecule has 21 heavy (non-hydrogen) atoms. The highest BCUT2D eigenvalue weighted by molar-refractivity contribution is 8.01. The van der Waals surface area contributed by atoms with Crippen molar-refractivity contribution in [3.05, 3.63) is 0 Å². The summed E-state index contributed by atoms with van der Waals surface area (Å²) in [5, 5.41) is 9.47. The second-order valence-corrected chi connectivity index (χ2v) is 14.6. The van der Waals surface area contributed by atoms with Crippen LogP contribution in [0.1, 0.15) is 46.5 Å². The van der Waals surface area contributed by atoms with Crippen molar-refractivity contribution in [3.63, 3.8) is 0 Å². The fraction of sp³-hybridized carbons (Fsp3) is 0.857. The lowest BCUT2D eigenvalue weighted by atomic mass is 9.97. The van der Waals surface area contributed by atoms with E-state index >= 15 is 0 Å². The summed E-state index contributed by atoms with van der Waals surface area (Å²) in [4.78, 5) is 0. The van der Waals surface area contributed by atoms with E-state index < -0.39 is 8.32 Å². The third kappa shape index (κ3) is 4.68. The molecule has 120 valence electrons. The van der Waals surface area contributed by atoms with E-state index in [1.54, 1.807) is 0 Å². The maximum Gasteiger partial charge on any atom is 0.203 e. The Bertz CT molecular complexity index is 465. The fourth-order valence-electron chi connectivity index (χ4n) is 2.27. The smallest absolute Gasteiger partial charge is 0.203 e. The van der Waals surface area contributed by atoms with Crippen LogP contribution in [-0.4, -0.2) is 29.9 Å². The molecule has 0 atom stereocenters. The zero-order valence-corrected chi connectivity index (χ0v) is 16.3. The van der Waals surface area contributed by atoms with Crippen molar-refractivity contribution in [2.24, 2.45) is 0 Å². The second kappa shape index (κ2) is 6.56. The second-order valence-electron chi connectivity index (χ2n) is 7.30. The van der Waals surface area contributed by atoms with Gasteiger partial charge in [0.25, 0.3) is 0 Å². The predicted octanol–water partition coefficient (Wildman–Crippen LogP) is 4.55. The average Bonchev–Trinajstić information content (AvgIpc) is 2.75. The summed E-state index contributed by atoms with van der Waals surface area (Å²) in [6.45, 7) is 11.6. The predicted molar refractivity (Wildman–Crippen MR) is 94.5 cm³/mol. The van der Waals surface area contributed by atoms with Crippen LogP contribution < -0.4 is 5.73 Å². The van der Waals surface area contributed by atoms with E-state index in [2.05, 4.69) is 44.1 Å². The number of hydrogen-bond acceptors (Lipinski definition) is 6. The quantitative estimate of drug-likeness (QED) is 0.811. The van der Waals surface area contributed by atoms with E-state index in [9.17, 15) is 0 Å². The molecule has 1 aromatic rings. The van der Waals surface area contributed by atoms with Crippen molar-refractivity contribution in [3.8, 4) is 0 Å². The van der Waals surface area contributed by atoms with Crippen molar-refractivity contribution in [2.75, 3.05) is 5.73 Å². The van der Waals surface area contributed by atoms with Crippen LogP contribution in [0.5, 0.6) is 0 Å². The lowest BCUT2D eigenvalue weighted by Gasteiger charge is -2.41. The van der Waals surface area contributed by atoms with Gasteiger partial charge >= 0.3 is 0 Å². The number of thioether (sulfide) groups is 1. The van der Waals surface area contributed by atoms with Gasteiger partial charge < -0.3 is 10.2 Å². The zero-order valence-electron chi connectivity index (χ0n) is 13.7. The van der Waals surface area contributed by atoms with Gasteiger partial charge in [-0.2, -0.15) is 0 Å². The Balaban J connectivity index is 1.81. The van der Waals surface area contributed by atoms with Crippen LogP contribution in [0.4, 0.5) is 5.13 Å². The maximum atomic E-state index is 6.53. The van der Waals surface area contributed by atoms with Crippen LogP contribution in [-0.2, 0) is 4.43 Å². The van der Waals surface area contributed by atoms with E-state index in [1.807, 2.05) is 11.8 Å². The first-order valence-corrected chi connectivity index (χ1v) is 12.2. The van der Waals surface area contributed by atoms with Crippen LogP contribution in [0.2, 0.25) is 18.1 Å². The Morgan fingerprint density at radius 1 is 1.19 bits per heavy atom. The normalized spacial score (nSPS) is 24.2. The SMILES string of the molecule is CC(C)(C)[Si](C)(C)OC1CCC(Sc2nnc(N)s2)CC1. The first kappa shape index (κ1) is 17.2. The van der Waals surface area contributed by atoms with E-state index in [0.29, 0.717) is 21.5 Å². The lowest BCUT2D eigenvalue weighted by molar-refractivity contribution is 0.140. The lowest BCUT2D eigenvalue weighted by Crippen LogP contribution is -2.44. The molecule has 2 N–H and O–H groups in total. The van der Waals surface area contributed by atoms with Gasteiger partial charge in [-0.1, -0.05) is 43.9 Å². The Hall–Kier alpha value is -0.113. The van der Waals surface area contributed by atoms with E-state index in [4.69, 9.17) is 10.2 Å².